The standard InChI is InChI=1S/C23H28IN5O2/c1-4-28(5-2)9-10-29-8-6-7-18-20(23(29)31)14(3)19(26-18)12-17-16-11-15(24)13-25-21(16)27-22(17)30/h11-13,26H,4-10H2,1-3H3,(H,25,27,30)/b17-12-. The van der Waals surface area contributed by atoms with Crippen LogP contribution in [0, 0.1) is 10.5 Å². The Morgan fingerprint density at radius 2 is 2.06 bits per heavy atom. The zero-order chi connectivity index (χ0) is 22.1. The van der Waals surface area contributed by atoms with E-state index < -0.39 is 0 Å². The number of pyridine rings is 1. The van der Waals surface area contributed by atoms with Crippen molar-refractivity contribution in [3.8, 4) is 0 Å². The molecular weight excluding hydrogens is 505 g/mol. The van der Waals surface area contributed by atoms with E-state index in [1.807, 2.05) is 24.0 Å². The number of fused-ring (bicyclic) bond motifs is 2. The summed E-state index contributed by atoms with van der Waals surface area (Å²) in [5, 5.41) is 2.82. The van der Waals surface area contributed by atoms with E-state index in [1.54, 1.807) is 6.20 Å². The van der Waals surface area contributed by atoms with Crippen LogP contribution < -0.4 is 5.32 Å². The lowest BCUT2D eigenvalue weighted by atomic mass is 10.0. The predicted molar refractivity (Wildman–Crippen MR) is 131 cm³/mol. The number of rotatable bonds is 6. The Kier molecular flexibility index (Phi) is 6.47. The van der Waals surface area contributed by atoms with Crippen LogP contribution in [0.25, 0.3) is 11.6 Å². The topological polar surface area (TPSA) is 81.3 Å². The maximum atomic E-state index is 13.4. The van der Waals surface area contributed by atoms with Crippen molar-refractivity contribution in [3.63, 3.8) is 0 Å². The molecule has 2 N–H and O–H groups in total. The van der Waals surface area contributed by atoms with Gasteiger partial charge >= 0.3 is 0 Å². The van der Waals surface area contributed by atoms with E-state index >= 15 is 0 Å². The van der Waals surface area contributed by atoms with Crippen LogP contribution in [0.15, 0.2) is 12.3 Å². The van der Waals surface area contributed by atoms with Crippen LogP contribution in [0.5, 0.6) is 0 Å². The largest absolute Gasteiger partial charge is 0.358 e. The number of aromatic amines is 1. The lowest BCUT2D eigenvalue weighted by molar-refractivity contribution is -0.110. The van der Waals surface area contributed by atoms with Gasteiger partial charge in [0.1, 0.15) is 5.82 Å². The fraction of sp³-hybridized carbons (Fsp3) is 0.435. The molecule has 0 spiro atoms. The van der Waals surface area contributed by atoms with Gasteiger partial charge in [0.25, 0.3) is 11.8 Å². The van der Waals surface area contributed by atoms with Crippen molar-refractivity contribution >= 4 is 51.9 Å². The normalized spacial score (nSPS) is 17.2. The number of aryl methyl sites for hydroxylation is 1. The van der Waals surface area contributed by atoms with E-state index in [2.05, 4.69) is 56.6 Å². The number of halogens is 1. The van der Waals surface area contributed by atoms with Gasteiger partial charge in [0.05, 0.1) is 11.1 Å². The summed E-state index contributed by atoms with van der Waals surface area (Å²) in [6.07, 6.45) is 5.35. The molecule has 2 amide bonds. The van der Waals surface area contributed by atoms with E-state index in [1.165, 1.54) is 0 Å². The molecule has 0 saturated carbocycles. The van der Waals surface area contributed by atoms with Crippen LogP contribution in [-0.2, 0) is 11.2 Å². The van der Waals surface area contributed by atoms with Gasteiger partial charge in [0, 0.05) is 46.4 Å². The molecule has 2 aliphatic heterocycles. The lowest BCUT2D eigenvalue weighted by Gasteiger charge is -2.25. The summed E-state index contributed by atoms with van der Waals surface area (Å²) >= 11 is 2.19. The molecule has 0 aromatic carbocycles. The Morgan fingerprint density at radius 1 is 1.29 bits per heavy atom. The fourth-order valence-corrected chi connectivity index (χ4v) is 4.80. The molecule has 7 nitrogen and oxygen atoms in total. The molecule has 0 saturated heterocycles. The number of H-pyrrole nitrogens is 1. The number of likely N-dealkylation sites (N-methyl/N-ethyl adjacent to an activating group) is 1. The summed E-state index contributed by atoms with van der Waals surface area (Å²) in [7, 11) is 0. The third kappa shape index (κ3) is 4.27. The average Bonchev–Trinajstić information content (AvgIpc) is 3.17. The molecule has 0 atom stereocenters. The summed E-state index contributed by atoms with van der Waals surface area (Å²) in [4.78, 5) is 38.0. The second-order valence-corrected chi connectivity index (χ2v) is 9.25. The van der Waals surface area contributed by atoms with Gasteiger partial charge in [-0.2, -0.15) is 0 Å². The monoisotopic (exact) mass is 533 g/mol. The van der Waals surface area contributed by atoms with Crippen LogP contribution in [0.4, 0.5) is 5.82 Å². The number of aromatic nitrogens is 2. The smallest absolute Gasteiger partial charge is 0.257 e. The second kappa shape index (κ2) is 9.12. The van der Waals surface area contributed by atoms with Crippen LogP contribution in [0.3, 0.4) is 0 Å². The lowest BCUT2D eigenvalue weighted by Crippen LogP contribution is -2.38. The van der Waals surface area contributed by atoms with Crippen LogP contribution >= 0.6 is 22.6 Å². The molecule has 2 aromatic rings. The number of anilines is 1. The van der Waals surface area contributed by atoms with Crippen molar-refractivity contribution in [3.05, 3.63) is 43.9 Å². The van der Waals surface area contributed by atoms with Gasteiger partial charge in [-0.3, -0.25) is 9.59 Å². The highest BCUT2D eigenvalue weighted by molar-refractivity contribution is 14.1. The maximum Gasteiger partial charge on any atom is 0.257 e. The number of amides is 2. The van der Waals surface area contributed by atoms with Gasteiger partial charge < -0.3 is 20.1 Å². The molecule has 0 fully saturated rings. The van der Waals surface area contributed by atoms with Crippen molar-refractivity contribution in [1.82, 2.24) is 19.8 Å². The molecule has 2 aliphatic rings. The van der Waals surface area contributed by atoms with E-state index in [4.69, 9.17) is 0 Å². The molecule has 164 valence electrons. The van der Waals surface area contributed by atoms with Crippen molar-refractivity contribution < 1.29 is 9.59 Å². The molecule has 8 heteroatoms. The van der Waals surface area contributed by atoms with Gasteiger partial charge in [-0.1, -0.05) is 13.8 Å². The second-order valence-electron chi connectivity index (χ2n) is 8.00. The summed E-state index contributed by atoms with van der Waals surface area (Å²) in [5.74, 6) is 0.507. The minimum Gasteiger partial charge on any atom is -0.358 e. The van der Waals surface area contributed by atoms with Crippen LogP contribution in [0.2, 0.25) is 0 Å². The molecule has 31 heavy (non-hydrogen) atoms. The third-order valence-corrected chi connectivity index (χ3v) is 6.80. The Hall–Kier alpha value is -2.20. The van der Waals surface area contributed by atoms with Crippen LogP contribution in [0.1, 0.15) is 53.1 Å². The number of nitrogens with one attached hydrogen (secondary N) is 2. The summed E-state index contributed by atoms with van der Waals surface area (Å²) in [6.45, 7) is 10.6. The molecule has 0 bridgehead atoms. The Morgan fingerprint density at radius 3 is 2.81 bits per heavy atom. The number of nitrogens with zero attached hydrogens (tertiary/aromatic N) is 3. The molecule has 0 unspecified atom stereocenters. The van der Waals surface area contributed by atoms with Crippen molar-refractivity contribution in [2.24, 2.45) is 0 Å². The summed E-state index contributed by atoms with van der Waals surface area (Å²) in [6, 6.07) is 1.95. The average molecular weight is 533 g/mol. The van der Waals surface area contributed by atoms with Gasteiger partial charge in [-0.25, -0.2) is 4.98 Å². The highest BCUT2D eigenvalue weighted by atomic mass is 127. The van der Waals surface area contributed by atoms with E-state index in [-0.39, 0.29) is 11.8 Å². The zero-order valence-corrected chi connectivity index (χ0v) is 20.4. The maximum absolute atomic E-state index is 13.4. The fourth-order valence-electron chi connectivity index (χ4n) is 4.35. The Bertz CT molecular complexity index is 1050. The van der Waals surface area contributed by atoms with Gasteiger partial charge in [0.15, 0.2) is 0 Å². The van der Waals surface area contributed by atoms with Gasteiger partial charge in [-0.15, -0.1) is 0 Å². The van der Waals surface area contributed by atoms with Crippen molar-refractivity contribution in [2.45, 2.75) is 33.6 Å². The third-order valence-electron chi connectivity index (χ3n) is 6.21. The Balaban J connectivity index is 1.65. The highest BCUT2D eigenvalue weighted by Crippen LogP contribution is 2.34. The van der Waals surface area contributed by atoms with E-state index in [0.717, 1.165) is 77.2 Å². The number of carbonyl (C=O) groups is 2. The van der Waals surface area contributed by atoms with Crippen LogP contribution in [-0.4, -0.2) is 64.3 Å². The first-order valence-corrected chi connectivity index (χ1v) is 11.9. The number of hydrogen-bond donors (Lipinski definition) is 2. The highest BCUT2D eigenvalue weighted by Gasteiger charge is 2.29. The van der Waals surface area contributed by atoms with E-state index in [0.29, 0.717) is 11.4 Å². The summed E-state index contributed by atoms with van der Waals surface area (Å²) in [5.41, 5.74) is 4.84. The Labute approximate surface area is 196 Å². The predicted octanol–water partition coefficient (Wildman–Crippen LogP) is 3.55. The minimum atomic E-state index is -0.166. The molecule has 0 aliphatic carbocycles. The molecule has 4 heterocycles. The van der Waals surface area contributed by atoms with Crippen molar-refractivity contribution in [2.75, 3.05) is 38.0 Å². The quantitative estimate of drug-likeness (QED) is 0.440. The molecule has 2 aromatic heterocycles. The van der Waals surface area contributed by atoms with E-state index in [9.17, 15) is 9.59 Å². The van der Waals surface area contributed by atoms with Gasteiger partial charge in [-0.05, 0) is 73.2 Å². The number of hydrogen-bond acceptors (Lipinski definition) is 4. The van der Waals surface area contributed by atoms with Gasteiger partial charge in [0.2, 0.25) is 0 Å². The molecule has 0 radical (unpaired) electrons. The first kappa shape index (κ1) is 22.0. The molecule has 4 rings (SSSR count). The zero-order valence-electron chi connectivity index (χ0n) is 18.2. The minimum absolute atomic E-state index is 0.0885. The first-order chi connectivity index (χ1) is 14.9. The SMILES string of the molecule is CCN(CC)CCN1CCCc2[nH]c(/C=C3\C(=O)Nc4ncc(I)cc43)c(C)c2C1=O. The molecular formula is C23H28IN5O2. The van der Waals surface area contributed by atoms with Crippen molar-refractivity contribution in [1.29, 1.82) is 0 Å². The summed E-state index contributed by atoms with van der Waals surface area (Å²) < 4.78 is 0.969. The first-order valence-electron chi connectivity index (χ1n) is 10.8. The number of carbonyl (C=O) groups excluding carboxylic acids is 2.